The van der Waals surface area contributed by atoms with Gasteiger partial charge in [0.1, 0.15) is 5.75 Å². The number of nitrogens with one attached hydrogen (secondary N) is 1. The molecule has 2 aliphatic rings. The first kappa shape index (κ1) is 22.6. The van der Waals surface area contributed by atoms with Crippen LogP contribution in [0.2, 0.25) is 0 Å². The second-order valence-corrected chi connectivity index (χ2v) is 9.24. The maximum atomic E-state index is 12.8. The number of rotatable bonds is 4. The van der Waals surface area contributed by atoms with E-state index in [-0.39, 0.29) is 35.7 Å². The Morgan fingerprint density at radius 3 is 2.59 bits per heavy atom. The zero-order valence-electron chi connectivity index (χ0n) is 18.4. The van der Waals surface area contributed by atoms with Crippen molar-refractivity contribution in [2.75, 3.05) is 32.5 Å². The van der Waals surface area contributed by atoms with Crippen LogP contribution in [0.4, 0.5) is 18.9 Å². The lowest BCUT2D eigenvalue weighted by molar-refractivity contribution is -0.137. The molecule has 0 unspecified atom stereocenters. The summed E-state index contributed by atoms with van der Waals surface area (Å²) in [6.45, 7) is 3.23. The highest BCUT2D eigenvalue weighted by molar-refractivity contribution is 5.92. The van der Waals surface area contributed by atoms with Gasteiger partial charge in [-0.15, -0.1) is 0 Å². The van der Waals surface area contributed by atoms with Crippen LogP contribution in [-0.4, -0.2) is 60.1 Å². The first-order valence-corrected chi connectivity index (χ1v) is 10.7. The predicted molar refractivity (Wildman–Crippen MR) is 117 cm³/mol. The molecule has 1 saturated heterocycles. The van der Waals surface area contributed by atoms with E-state index in [1.54, 1.807) is 6.07 Å². The minimum atomic E-state index is -4.41. The average Bonchev–Trinajstić information content (AvgIpc) is 2.71. The van der Waals surface area contributed by atoms with Crippen LogP contribution in [0.15, 0.2) is 42.5 Å². The van der Waals surface area contributed by atoms with E-state index in [0.29, 0.717) is 5.69 Å². The zero-order chi connectivity index (χ0) is 23.3. The normalized spacial score (nSPS) is 25.5. The van der Waals surface area contributed by atoms with Gasteiger partial charge < -0.3 is 15.3 Å². The topological polar surface area (TPSA) is 55.8 Å². The van der Waals surface area contributed by atoms with Crippen LogP contribution in [-0.2, 0) is 22.8 Å². The molecule has 0 radical (unpaired) electrons. The van der Waals surface area contributed by atoms with E-state index >= 15 is 0 Å². The number of anilines is 1. The maximum Gasteiger partial charge on any atom is 0.416 e. The third-order valence-corrected chi connectivity index (χ3v) is 7.07. The molecule has 0 spiro atoms. The van der Waals surface area contributed by atoms with Crippen molar-refractivity contribution in [2.24, 2.45) is 0 Å². The second kappa shape index (κ2) is 8.08. The number of hydrogen-bond acceptors (Lipinski definition) is 4. The van der Waals surface area contributed by atoms with Crippen LogP contribution in [0.1, 0.15) is 30.0 Å². The van der Waals surface area contributed by atoms with Gasteiger partial charge in [0, 0.05) is 23.2 Å². The van der Waals surface area contributed by atoms with E-state index in [1.807, 2.05) is 24.1 Å². The summed E-state index contributed by atoms with van der Waals surface area (Å²) in [4.78, 5) is 17.1. The fraction of sp³-hybridized carbons (Fsp3) is 0.458. The summed E-state index contributed by atoms with van der Waals surface area (Å²) < 4.78 is 38.3. The Morgan fingerprint density at radius 1 is 1.25 bits per heavy atom. The number of hydrogen-bond donors (Lipinski definition) is 2. The van der Waals surface area contributed by atoms with Crippen LogP contribution >= 0.6 is 0 Å². The Morgan fingerprint density at radius 2 is 1.94 bits per heavy atom. The molecule has 1 aliphatic carbocycles. The van der Waals surface area contributed by atoms with Crippen molar-refractivity contribution in [3.05, 3.63) is 59.2 Å². The molecule has 1 aliphatic heterocycles. The molecule has 1 amide bonds. The molecule has 1 heterocycles. The third-order valence-electron chi connectivity index (χ3n) is 7.07. The lowest BCUT2D eigenvalue weighted by Crippen LogP contribution is -2.67. The zero-order valence-corrected chi connectivity index (χ0v) is 18.4. The smallest absolute Gasteiger partial charge is 0.416 e. The number of carbonyl (C=O) groups is 1. The molecule has 2 N–H and O–H groups in total. The van der Waals surface area contributed by atoms with Gasteiger partial charge >= 0.3 is 6.18 Å². The van der Waals surface area contributed by atoms with Gasteiger partial charge in [0.15, 0.2) is 0 Å². The van der Waals surface area contributed by atoms with Gasteiger partial charge in [0.05, 0.1) is 12.1 Å². The SMILES string of the molecule is CN1CC[C@]2(C)c3cc(O)ccc3C[C@@H]1[C@@H]2N(C)CC(=O)Nc1ccc(C(F)(F)F)cc1. The van der Waals surface area contributed by atoms with Crippen molar-refractivity contribution in [3.8, 4) is 5.75 Å². The molecule has 0 aromatic heterocycles. The summed E-state index contributed by atoms with van der Waals surface area (Å²) in [6, 6.07) is 10.3. The minimum absolute atomic E-state index is 0.0499. The molecular formula is C24H28F3N3O2. The number of phenols is 1. The number of nitrogens with zero attached hydrogens (tertiary/aromatic N) is 2. The van der Waals surface area contributed by atoms with Crippen molar-refractivity contribution in [1.82, 2.24) is 9.80 Å². The number of carbonyl (C=O) groups excluding carboxylic acids is 1. The van der Waals surface area contributed by atoms with Crippen molar-refractivity contribution in [2.45, 2.75) is 43.4 Å². The minimum Gasteiger partial charge on any atom is -0.508 e. The van der Waals surface area contributed by atoms with Crippen LogP contribution in [0, 0.1) is 0 Å². The summed E-state index contributed by atoms with van der Waals surface area (Å²) in [5.41, 5.74) is 1.70. The maximum absolute atomic E-state index is 12.8. The number of likely N-dealkylation sites (N-methyl/N-ethyl adjacent to an activating group) is 2. The number of aromatic hydroxyl groups is 1. The fourth-order valence-corrected chi connectivity index (χ4v) is 5.50. The Hall–Kier alpha value is -2.58. The highest BCUT2D eigenvalue weighted by Gasteiger charge is 2.51. The number of fused-ring (bicyclic) bond motifs is 4. The van der Waals surface area contributed by atoms with E-state index < -0.39 is 11.7 Å². The lowest BCUT2D eigenvalue weighted by atomic mass is 9.61. The van der Waals surface area contributed by atoms with Crippen molar-refractivity contribution in [1.29, 1.82) is 0 Å². The van der Waals surface area contributed by atoms with Crippen LogP contribution in [0.3, 0.4) is 0 Å². The number of phenolic OH excluding ortho intramolecular Hbond substituents is 1. The Balaban J connectivity index is 1.52. The highest BCUT2D eigenvalue weighted by atomic mass is 19.4. The van der Waals surface area contributed by atoms with Crippen LogP contribution in [0.5, 0.6) is 5.75 Å². The Labute approximate surface area is 185 Å². The summed E-state index contributed by atoms with van der Waals surface area (Å²) in [6.07, 6.45) is -2.68. The van der Waals surface area contributed by atoms with Gasteiger partial charge in [-0.25, -0.2) is 0 Å². The molecule has 4 rings (SSSR count). The fourth-order valence-electron chi connectivity index (χ4n) is 5.50. The van der Waals surface area contributed by atoms with Gasteiger partial charge in [0.2, 0.25) is 5.91 Å². The lowest BCUT2D eigenvalue weighted by Gasteiger charge is -2.57. The van der Waals surface area contributed by atoms with E-state index in [4.69, 9.17) is 0 Å². The molecule has 32 heavy (non-hydrogen) atoms. The number of halogens is 3. The van der Waals surface area contributed by atoms with Crippen LogP contribution < -0.4 is 5.32 Å². The Kier molecular flexibility index (Phi) is 5.71. The first-order chi connectivity index (χ1) is 15.0. The summed E-state index contributed by atoms with van der Waals surface area (Å²) in [5, 5.41) is 12.8. The molecular weight excluding hydrogens is 419 g/mol. The number of alkyl halides is 3. The standard InChI is InChI=1S/C24H28F3N3O2/c1-23-10-11-29(2)20(12-15-4-9-18(31)13-19(15)23)22(23)30(3)14-21(32)28-17-7-5-16(6-8-17)24(25,26)27/h4-9,13,20,22,31H,10-12,14H2,1-3H3,(H,28,32)/t20-,22+,23-/m1/s1. The molecule has 0 saturated carbocycles. The van der Waals surface area contributed by atoms with Gasteiger partial charge in [-0.2, -0.15) is 13.2 Å². The summed E-state index contributed by atoms with van der Waals surface area (Å²) in [7, 11) is 4.01. The third kappa shape index (κ3) is 4.09. The van der Waals surface area contributed by atoms with Crippen LogP contribution in [0.25, 0.3) is 0 Å². The number of amides is 1. The van der Waals surface area contributed by atoms with Gasteiger partial charge in [-0.3, -0.25) is 9.69 Å². The quantitative estimate of drug-likeness (QED) is 0.747. The molecule has 2 aromatic carbocycles. The first-order valence-electron chi connectivity index (χ1n) is 10.7. The molecule has 8 heteroatoms. The van der Waals surface area contributed by atoms with E-state index in [9.17, 15) is 23.1 Å². The van der Waals surface area contributed by atoms with E-state index in [0.717, 1.165) is 37.1 Å². The predicted octanol–water partition coefficient (Wildman–Crippen LogP) is 3.87. The van der Waals surface area contributed by atoms with Crippen molar-refractivity contribution >= 4 is 11.6 Å². The van der Waals surface area contributed by atoms with Gasteiger partial charge in [-0.05, 0) is 81.0 Å². The van der Waals surface area contributed by atoms with Gasteiger partial charge in [0.25, 0.3) is 0 Å². The van der Waals surface area contributed by atoms with Crippen molar-refractivity contribution in [3.63, 3.8) is 0 Å². The molecule has 2 bridgehead atoms. The molecule has 5 nitrogen and oxygen atoms in total. The van der Waals surface area contributed by atoms with E-state index in [1.165, 1.54) is 17.7 Å². The average molecular weight is 448 g/mol. The highest BCUT2D eigenvalue weighted by Crippen LogP contribution is 2.47. The molecule has 3 atom stereocenters. The van der Waals surface area contributed by atoms with E-state index in [2.05, 4.69) is 24.2 Å². The number of benzene rings is 2. The monoisotopic (exact) mass is 447 g/mol. The summed E-state index contributed by atoms with van der Waals surface area (Å²) in [5.74, 6) is -0.0397. The molecule has 2 aromatic rings. The van der Waals surface area contributed by atoms with Crippen molar-refractivity contribution < 1.29 is 23.1 Å². The number of likely N-dealkylation sites (tertiary alicyclic amines) is 1. The number of piperidine rings is 1. The largest absolute Gasteiger partial charge is 0.508 e. The van der Waals surface area contributed by atoms with Gasteiger partial charge in [-0.1, -0.05) is 13.0 Å². The second-order valence-electron chi connectivity index (χ2n) is 9.24. The summed E-state index contributed by atoms with van der Waals surface area (Å²) >= 11 is 0. The Bertz CT molecular complexity index is 1010. The molecule has 172 valence electrons. The molecule has 1 fully saturated rings.